The molecule has 1 aromatic rings. The maximum absolute atomic E-state index is 11.9. The van der Waals surface area contributed by atoms with Gasteiger partial charge in [0.1, 0.15) is 0 Å². The Labute approximate surface area is 120 Å². The van der Waals surface area contributed by atoms with Gasteiger partial charge < -0.3 is 9.57 Å². The molecule has 0 fully saturated rings. The molecule has 0 N–H and O–H groups in total. The van der Waals surface area contributed by atoms with Gasteiger partial charge in [-0.05, 0) is 26.0 Å². The van der Waals surface area contributed by atoms with Crippen LogP contribution in [0.15, 0.2) is 24.3 Å². The summed E-state index contributed by atoms with van der Waals surface area (Å²) in [6.07, 6.45) is 0.743. The third-order valence-electron chi connectivity index (χ3n) is 2.89. The molecule has 2 rings (SSSR count). The Hall–Kier alpha value is -2.64. The first kappa shape index (κ1) is 14.8. The van der Waals surface area contributed by atoms with Gasteiger partial charge in [0, 0.05) is 23.5 Å². The zero-order valence-corrected chi connectivity index (χ0v) is 11.5. The fourth-order valence-corrected chi connectivity index (χ4v) is 1.98. The van der Waals surface area contributed by atoms with Crippen molar-refractivity contribution < 1.29 is 24.2 Å². The Bertz CT molecular complexity index is 593. The lowest BCUT2D eigenvalue weighted by molar-refractivity contribution is -0.767. The molecule has 0 aliphatic carbocycles. The highest BCUT2D eigenvalue weighted by atomic mass is 16.9. The summed E-state index contributed by atoms with van der Waals surface area (Å²) in [5, 5.41) is 21.8. The van der Waals surface area contributed by atoms with E-state index in [0.29, 0.717) is 6.42 Å². The number of nitrogens with zero attached hydrogens (tertiary/aromatic N) is 2. The first-order valence-electron chi connectivity index (χ1n) is 6.23. The molecule has 0 bridgehead atoms. The average Bonchev–Trinajstić information content (AvgIpc) is 2.36. The van der Waals surface area contributed by atoms with Gasteiger partial charge in [0.2, 0.25) is 0 Å². The molecule has 1 aliphatic heterocycles. The number of hydrogen-bond donors (Lipinski definition) is 0. The van der Waals surface area contributed by atoms with Crippen LogP contribution in [-0.2, 0) is 9.57 Å². The summed E-state index contributed by atoms with van der Waals surface area (Å²) in [5.74, 6) is -0.655. The standard InChI is InChI=1S/C13H14N2O6/c1-13(2)7-11(8-14(17)21-13)20-12(16)9-3-5-10(6-4-9)15(18)19/h3-6,8,11H,7H2,1-2H3. The van der Waals surface area contributed by atoms with Crippen molar-refractivity contribution in [2.24, 2.45) is 0 Å². The molecule has 1 unspecified atom stereocenters. The lowest BCUT2D eigenvalue weighted by atomic mass is 10.0. The Morgan fingerprint density at radius 1 is 1.43 bits per heavy atom. The molecule has 0 saturated carbocycles. The molecule has 21 heavy (non-hydrogen) atoms. The summed E-state index contributed by atoms with van der Waals surface area (Å²) in [5.41, 5.74) is -0.677. The smallest absolute Gasteiger partial charge is 0.338 e. The summed E-state index contributed by atoms with van der Waals surface area (Å²) in [4.78, 5) is 27.2. The number of hydrogen-bond acceptors (Lipinski definition) is 6. The normalized spacial score (nSPS) is 20.1. The zero-order chi connectivity index (χ0) is 15.6. The van der Waals surface area contributed by atoms with Crippen molar-refractivity contribution in [3.8, 4) is 0 Å². The van der Waals surface area contributed by atoms with Crippen LogP contribution in [0.25, 0.3) is 0 Å². The molecule has 1 atom stereocenters. The Kier molecular flexibility index (Phi) is 3.79. The Morgan fingerprint density at radius 2 is 2.05 bits per heavy atom. The predicted octanol–water partition coefficient (Wildman–Crippen LogP) is 1.82. The number of rotatable bonds is 3. The van der Waals surface area contributed by atoms with Crippen LogP contribution in [0.3, 0.4) is 0 Å². The van der Waals surface area contributed by atoms with Crippen molar-refractivity contribution in [2.75, 3.05) is 0 Å². The van der Waals surface area contributed by atoms with Gasteiger partial charge >= 0.3 is 5.97 Å². The van der Waals surface area contributed by atoms with Crippen molar-refractivity contribution in [3.05, 3.63) is 45.2 Å². The Balaban J connectivity index is 2.07. The number of non-ortho nitro benzene ring substituents is 1. The van der Waals surface area contributed by atoms with Gasteiger partial charge in [-0.2, -0.15) is 0 Å². The van der Waals surface area contributed by atoms with E-state index >= 15 is 0 Å². The van der Waals surface area contributed by atoms with Crippen molar-refractivity contribution in [3.63, 3.8) is 0 Å². The van der Waals surface area contributed by atoms with Gasteiger partial charge in [-0.3, -0.25) is 15.3 Å². The van der Waals surface area contributed by atoms with Crippen LogP contribution in [0.1, 0.15) is 30.6 Å². The monoisotopic (exact) mass is 294 g/mol. The van der Waals surface area contributed by atoms with Gasteiger partial charge in [-0.1, -0.05) is 0 Å². The van der Waals surface area contributed by atoms with Crippen LogP contribution in [0.4, 0.5) is 5.69 Å². The number of benzene rings is 1. The van der Waals surface area contributed by atoms with Crippen LogP contribution in [0.5, 0.6) is 0 Å². The van der Waals surface area contributed by atoms with Gasteiger partial charge in [0.15, 0.2) is 6.10 Å². The molecule has 1 aliphatic rings. The first-order chi connectivity index (χ1) is 9.77. The Morgan fingerprint density at radius 3 is 2.57 bits per heavy atom. The minimum Gasteiger partial charge on any atom is -0.448 e. The second kappa shape index (κ2) is 5.39. The van der Waals surface area contributed by atoms with Crippen LogP contribution < -0.4 is 0 Å². The predicted molar refractivity (Wildman–Crippen MR) is 71.8 cm³/mol. The number of nitro benzene ring substituents is 1. The van der Waals surface area contributed by atoms with Crippen molar-refractivity contribution >= 4 is 17.9 Å². The number of carbonyl (C=O) groups is 1. The highest BCUT2D eigenvalue weighted by molar-refractivity contribution is 5.90. The van der Waals surface area contributed by atoms with Crippen molar-refractivity contribution in [1.29, 1.82) is 0 Å². The number of ether oxygens (including phenoxy) is 1. The van der Waals surface area contributed by atoms with Gasteiger partial charge in [0.25, 0.3) is 11.9 Å². The van der Waals surface area contributed by atoms with Crippen LogP contribution in [0, 0.1) is 15.3 Å². The molecule has 1 aromatic carbocycles. The van der Waals surface area contributed by atoms with Gasteiger partial charge in [0.05, 0.1) is 16.1 Å². The molecule has 0 radical (unpaired) electrons. The fourth-order valence-electron chi connectivity index (χ4n) is 1.98. The molecule has 8 nitrogen and oxygen atoms in total. The topological polar surface area (TPSA) is 105 Å². The van der Waals surface area contributed by atoms with E-state index in [2.05, 4.69) is 0 Å². The summed E-state index contributed by atoms with van der Waals surface area (Å²) in [6.45, 7) is 3.41. The highest BCUT2D eigenvalue weighted by Gasteiger charge is 2.33. The second-order valence-corrected chi connectivity index (χ2v) is 5.24. The van der Waals surface area contributed by atoms with Crippen LogP contribution in [-0.4, -0.2) is 33.7 Å². The number of nitro groups is 1. The van der Waals surface area contributed by atoms with E-state index in [1.807, 2.05) is 0 Å². The van der Waals surface area contributed by atoms with E-state index in [-0.39, 0.29) is 16.2 Å². The molecule has 112 valence electrons. The molecule has 1 heterocycles. The van der Waals surface area contributed by atoms with E-state index < -0.39 is 22.6 Å². The second-order valence-electron chi connectivity index (χ2n) is 5.24. The fraction of sp³-hybridized carbons (Fsp3) is 0.385. The minimum atomic E-state index is -0.739. The molecular weight excluding hydrogens is 280 g/mol. The van der Waals surface area contributed by atoms with Gasteiger partial charge in [-0.15, -0.1) is 0 Å². The summed E-state index contributed by atoms with van der Waals surface area (Å²) in [6, 6.07) is 5.04. The average molecular weight is 294 g/mol. The molecule has 8 heteroatoms. The highest BCUT2D eigenvalue weighted by Crippen LogP contribution is 2.22. The van der Waals surface area contributed by atoms with E-state index in [4.69, 9.17) is 9.57 Å². The number of carbonyl (C=O) groups excluding carboxylic acids is 1. The first-order valence-corrected chi connectivity index (χ1v) is 6.23. The quantitative estimate of drug-likeness (QED) is 0.364. The van der Waals surface area contributed by atoms with Gasteiger partial charge in [-0.25, -0.2) is 4.79 Å². The minimum absolute atomic E-state index is 0.115. The third-order valence-corrected chi connectivity index (χ3v) is 2.89. The molecule has 0 aromatic heterocycles. The molecular formula is C13H14N2O6. The lowest BCUT2D eigenvalue weighted by Crippen LogP contribution is -2.42. The van der Waals surface area contributed by atoms with Crippen LogP contribution in [0.2, 0.25) is 0 Å². The van der Waals surface area contributed by atoms with E-state index in [1.165, 1.54) is 24.3 Å². The molecule has 0 spiro atoms. The summed E-state index contributed by atoms with van der Waals surface area (Å²) >= 11 is 0. The maximum atomic E-state index is 11.9. The molecule has 0 saturated heterocycles. The van der Waals surface area contributed by atoms with Crippen molar-refractivity contribution in [1.82, 2.24) is 0 Å². The SMILES string of the molecule is CC1(C)CC(OC(=O)c2ccc([N+](=O)[O-])cc2)C=[N+]([O-])O1. The largest absolute Gasteiger partial charge is 0.448 e. The van der Waals surface area contributed by atoms with E-state index in [9.17, 15) is 20.1 Å². The third kappa shape index (κ3) is 3.68. The lowest BCUT2D eigenvalue weighted by Gasteiger charge is -2.32. The maximum Gasteiger partial charge on any atom is 0.338 e. The summed E-state index contributed by atoms with van der Waals surface area (Å²) < 4.78 is 5.20. The van der Waals surface area contributed by atoms with Crippen LogP contribution >= 0.6 is 0 Å². The van der Waals surface area contributed by atoms with E-state index in [1.54, 1.807) is 13.8 Å². The summed E-state index contributed by atoms with van der Waals surface area (Å²) in [7, 11) is 0. The van der Waals surface area contributed by atoms with Crippen molar-refractivity contribution in [2.45, 2.75) is 32.0 Å². The van der Waals surface area contributed by atoms with E-state index in [0.717, 1.165) is 6.21 Å². The molecule has 0 amide bonds. The zero-order valence-electron chi connectivity index (χ0n) is 11.5. The number of esters is 1.